The van der Waals surface area contributed by atoms with Gasteiger partial charge in [0.15, 0.2) is 0 Å². The number of rotatable bonds is 3. The van der Waals surface area contributed by atoms with E-state index in [9.17, 15) is 4.79 Å². The van der Waals surface area contributed by atoms with E-state index >= 15 is 0 Å². The Morgan fingerprint density at radius 1 is 1.32 bits per heavy atom. The predicted molar refractivity (Wildman–Crippen MR) is 78.4 cm³/mol. The molecule has 1 aliphatic rings. The first-order chi connectivity index (χ1) is 8.82. The standard InChI is InChI=1S/C15H23N3O/c1-15(2)12(16)9-13(15)17-14(19)10-5-7-11(8-6-10)18(3)4/h5-8,12-13H,9,16H2,1-4H3,(H,17,19). The van der Waals surface area contributed by atoms with E-state index in [4.69, 9.17) is 5.73 Å². The van der Waals surface area contributed by atoms with E-state index in [1.165, 1.54) is 0 Å². The minimum atomic E-state index is -0.0183. The Balaban J connectivity index is 2.01. The summed E-state index contributed by atoms with van der Waals surface area (Å²) in [5, 5.41) is 3.07. The summed E-state index contributed by atoms with van der Waals surface area (Å²) in [5.74, 6) is -0.0183. The lowest BCUT2D eigenvalue weighted by Crippen LogP contribution is -2.64. The Morgan fingerprint density at radius 2 is 1.89 bits per heavy atom. The Labute approximate surface area is 115 Å². The van der Waals surface area contributed by atoms with Crippen molar-refractivity contribution in [1.29, 1.82) is 0 Å². The number of carbonyl (C=O) groups excluding carboxylic acids is 1. The molecule has 1 aliphatic carbocycles. The van der Waals surface area contributed by atoms with E-state index in [0.29, 0.717) is 5.56 Å². The molecule has 0 bridgehead atoms. The number of benzene rings is 1. The van der Waals surface area contributed by atoms with Gasteiger partial charge in [-0.25, -0.2) is 0 Å². The van der Waals surface area contributed by atoms with Crippen molar-refractivity contribution < 1.29 is 4.79 Å². The highest BCUT2D eigenvalue weighted by molar-refractivity contribution is 5.94. The lowest BCUT2D eigenvalue weighted by molar-refractivity contribution is 0.0586. The summed E-state index contributed by atoms with van der Waals surface area (Å²) in [6.07, 6.45) is 0.856. The van der Waals surface area contributed by atoms with E-state index in [-0.39, 0.29) is 23.4 Å². The second-order valence-corrected chi connectivity index (χ2v) is 6.13. The molecule has 104 valence electrons. The highest BCUT2D eigenvalue weighted by Gasteiger charge is 2.46. The van der Waals surface area contributed by atoms with Gasteiger partial charge in [0.2, 0.25) is 0 Å². The van der Waals surface area contributed by atoms with Crippen molar-refractivity contribution in [3.05, 3.63) is 29.8 Å². The first-order valence-electron chi connectivity index (χ1n) is 6.66. The van der Waals surface area contributed by atoms with Crippen LogP contribution in [0, 0.1) is 5.41 Å². The van der Waals surface area contributed by atoms with Crippen LogP contribution in [0.15, 0.2) is 24.3 Å². The molecule has 0 saturated heterocycles. The minimum Gasteiger partial charge on any atom is -0.378 e. The summed E-state index contributed by atoms with van der Waals surface area (Å²) in [6.45, 7) is 4.20. The van der Waals surface area contributed by atoms with Gasteiger partial charge in [-0.1, -0.05) is 13.8 Å². The topological polar surface area (TPSA) is 58.4 Å². The molecular weight excluding hydrogens is 238 g/mol. The van der Waals surface area contributed by atoms with Crippen molar-refractivity contribution >= 4 is 11.6 Å². The van der Waals surface area contributed by atoms with Gasteiger partial charge in [0, 0.05) is 42.8 Å². The number of amides is 1. The van der Waals surface area contributed by atoms with E-state index in [2.05, 4.69) is 19.2 Å². The number of nitrogens with two attached hydrogens (primary N) is 1. The zero-order valence-electron chi connectivity index (χ0n) is 12.1. The van der Waals surface area contributed by atoms with Crippen LogP contribution in [0.4, 0.5) is 5.69 Å². The summed E-state index contributed by atoms with van der Waals surface area (Å²) in [7, 11) is 3.96. The van der Waals surface area contributed by atoms with Gasteiger partial charge in [0.05, 0.1) is 0 Å². The van der Waals surface area contributed by atoms with Crippen LogP contribution >= 0.6 is 0 Å². The van der Waals surface area contributed by atoms with Crippen LogP contribution < -0.4 is 16.0 Å². The maximum Gasteiger partial charge on any atom is 0.251 e. The largest absolute Gasteiger partial charge is 0.378 e. The summed E-state index contributed by atoms with van der Waals surface area (Å²) in [6, 6.07) is 7.96. The molecule has 1 aromatic rings. The van der Waals surface area contributed by atoms with Crippen LogP contribution in [0.2, 0.25) is 0 Å². The molecule has 4 heteroatoms. The molecule has 1 aromatic carbocycles. The van der Waals surface area contributed by atoms with E-state index in [0.717, 1.165) is 12.1 Å². The fourth-order valence-corrected chi connectivity index (χ4v) is 2.36. The van der Waals surface area contributed by atoms with Crippen LogP contribution in [-0.2, 0) is 0 Å². The molecule has 1 fully saturated rings. The molecule has 1 amide bonds. The van der Waals surface area contributed by atoms with Gasteiger partial charge in [-0.2, -0.15) is 0 Å². The van der Waals surface area contributed by atoms with E-state index < -0.39 is 0 Å². The Morgan fingerprint density at radius 3 is 2.32 bits per heavy atom. The van der Waals surface area contributed by atoms with E-state index in [1.807, 2.05) is 43.3 Å². The van der Waals surface area contributed by atoms with Gasteiger partial charge in [0.25, 0.3) is 5.91 Å². The summed E-state index contributed by atoms with van der Waals surface area (Å²) in [5.41, 5.74) is 7.72. The number of nitrogens with zero attached hydrogens (tertiary/aromatic N) is 1. The van der Waals surface area contributed by atoms with Gasteiger partial charge in [-0.05, 0) is 30.7 Å². The predicted octanol–water partition coefficient (Wildman–Crippen LogP) is 1.61. The average Bonchev–Trinajstić information content (AvgIpc) is 2.38. The highest BCUT2D eigenvalue weighted by atomic mass is 16.1. The number of carbonyl (C=O) groups is 1. The fraction of sp³-hybridized carbons (Fsp3) is 0.533. The monoisotopic (exact) mass is 261 g/mol. The lowest BCUT2D eigenvalue weighted by Gasteiger charge is -2.50. The second kappa shape index (κ2) is 4.85. The van der Waals surface area contributed by atoms with Gasteiger partial charge in [-0.3, -0.25) is 4.79 Å². The van der Waals surface area contributed by atoms with Crippen LogP contribution in [-0.4, -0.2) is 32.1 Å². The number of anilines is 1. The van der Waals surface area contributed by atoms with Crippen LogP contribution in [0.3, 0.4) is 0 Å². The molecule has 19 heavy (non-hydrogen) atoms. The molecule has 4 nitrogen and oxygen atoms in total. The normalized spacial score (nSPS) is 24.5. The lowest BCUT2D eigenvalue weighted by atomic mass is 9.63. The van der Waals surface area contributed by atoms with Crippen molar-refractivity contribution in [3.8, 4) is 0 Å². The maximum atomic E-state index is 12.2. The average molecular weight is 261 g/mol. The fourth-order valence-electron chi connectivity index (χ4n) is 2.36. The third kappa shape index (κ3) is 2.59. The molecule has 2 rings (SSSR count). The molecule has 0 aliphatic heterocycles. The van der Waals surface area contributed by atoms with Crippen molar-refractivity contribution in [2.75, 3.05) is 19.0 Å². The third-order valence-corrected chi connectivity index (χ3v) is 4.29. The number of nitrogens with one attached hydrogen (secondary N) is 1. The number of hydrogen-bond donors (Lipinski definition) is 2. The molecule has 3 N–H and O–H groups in total. The SMILES string of the molecule is CN(C)c1ccc(C(=O)NC2CC(N)C2(C)C)cc1. The van der Waals surface area contributed by atoms with Crippen LogP contribution in [0.25, 0.3) is 0 Å². The zero-order valence-corrected chi connectivity index (χ0v) is 12.1. The third-order valence-electron chi connectivity index (χ3n) is 4.29. The van der Waals surface area contributed by atoms with Gasteiger partial charge in [-0.15, -0.1) is 0 Å². The van der Waals surface area contributed by atoms with Crippen molar-refractivity contribution in [3.63, 3.8) is 0 Å². The van der Waals surface area contributed by atoms with Crippen molar-refractivity contribution in [1.82, 2.24) is 5.32 Å². The molecule has 0 aromatic heterocycles. The first-order valence-corrected chi connectivity index (χ1v) is 6.66. The highest BCUT2D eigenvalue weighted by Crippen LogP contribution is 2.39. The number of hydrogen-bond acceptors (Lipinski definition) is 3. The Hall–Kier alpha value is -1.55. The summed E-state index contributed by atoms with van der Waals surface area (Å²) >= 11 is 0. The summed E-state index contributed by atoms with van der Waals surface area (Å²) < 4.78 is 0. The Bertz CT molecular complexity index is 465. The van der Waals surface area contributed by atoms with Crippen molar-refractivity contribution in [2.24, 2.45) is 11.1 Å². The molecule has 0 heterocycles. The van der Waals surface area contributed by atoms with Crippen molar-refractivity contribution in [2.45, 2.75) is 32.4 Å². The molecule has 2 unspecified atom stereocenters. The van der Waals surface area contributed by atoms with E-state index in [1.54, 1.807) is 0 Å². The Kier molecular flexibility index (Phi) is 3.54. The maximum absolute atomic E-state index is 12.2. The second-order valence-electron chi connectivity index (χ2n) is 6.13. The summed E-state index contributed by atoms with van der Waals surface area (Å²) in [4.78, 5) is 14.2. The quantitative estimate of drug-likeness (QED) is 0.869. The molecular formula is C15H23N3O. The van der Waals surface area contributed by atoms with Gasteiger partial charge in [0.1, 0.15) is 0 Å². The smallest absolute Gasteiger partial charge is 0.251 e. The molecule has 1 saturated carbocycles. The van der Waals surface area contributed by atoms with Gasteiger partial charge < -0.3 is 16.0 Å². The molecule has 0 radical (unpaired) electrons. The van der Waals surface area contributed by atoms with Crippen LogP contribution in [0.1, 0.15) is 30.6 Å². The molecule has 2 atom stereocenters. The minimum absolute atomic E-state index is 0.0146. The zero-order chi connectivity index (χ0) is 14.2. The first kappa shape index (κ1) is 13.9. The van der Waals surface area contributed by atoms with Gasteiger partial charge >= 0.3 is 0 Å². The van der Waals surface area contributed by atoms with Crippen LogP contribution in [0.5, 0.6) is 0 Å². The molecule has 0 spiro atoms.